The molecule has 0 amide bonds. The molecule has 1 aromatic carbocycles. The molecule has 3 rings (SSSR count). The van der Waals surface area contributed by atoms with E-state index in [2.05, 4.69) is 38.9 Å². The average molecular weight is 422 g/mol. The van der Waals surface area contributed by atoms with Crippen molar-refractivity contribution in [2.75, 3.05) is 20.1 Å². The van der Waals surface area contributed by atoms with Crippen LogP contribution in [0.25, 0.3) is 0 Å². The van der Waals surface area contributed by atoms with E-state index in [0.717, 1.165) is 53.8 Å². The summed E-state index contributed by atoms with van der Waals surface area (Å²) >= 11 is 9.55. The van der Waals surface area contributed by atoms with Crippen molar-refractivity contribution in [2.45, 2.75) is 25.7 Å². The molecule has 0 bridgehead atoms. The molecular weight excluding hydrogens is 400 g/mol. The highest BCUT2D eigenvalue weighted by molar-refractivity contribution is 9.10. The van der Waals surface area contributed by atoms with Gasteiger partial charge < -0.3 is 4.90 Å². The molecule has 1 aliphatic rings. The Morgan fingerprint density at radius 1 is 1.28 bits per heavy atom. The van der Waals surface area contributed by atoms with Crippen molar-refractivity contribution in [3.8, 4) is 0 Å². The first-order valence-corrected chi connectivity index (χ1v) is 9.81. The monoisotopic (exact) mass is 420 g/mol. The Morgan fingerprint density at radius 2 is 2.04 bits per heavy atom. The van der Waals surface area contributed by atoms with Gasteiger partial charge in [0.1, 0.15) is 5.69 Å². The minimum Gasteiger partial charge on any atom is -0.306 e. The third kappa shape index (κ3) is 4.90. The highest BCUT2D eigenvalue weighted by Crippen LogP contribution is 2.24. The Kier molecular flexibility index (Phi) is 6.26. The number of nitrogens with zero attached hydrogens (tertiary/aromatic N) is 2. The number of aryl methyl sites for hydroxylation is 2. The molecule has 3 nitrogen and oxygen atoms in total. The molecule has 1 fully saturated rings. The van der Waals surface area contributed by atoms with Crippen molar-refractivity contribution in [1.82, 2.24) is 9.88 Å². The number of carbonyl (C=O) groups is 1. The van der Waals surface area contributed by atoms with Crippen molar-refractivity contribution in [3.05, 3.63) is 62.8 Å². The van der Waals surface area contributed by atoms with E-state index < -0.39 is 0 Å². The maximum absolute atomic E-state index is 13.0. The summed E-state index contributed by atoms with van der Waals surface area (Å²) in [4.78, 5) is 19.7. The van der Waals surface area contributed by atoms with E-state index in [1.54, 1.807) is 6.20 Å². The molecule has 0 unspecified atom stereocenters. The van der Waals surface area contributed by atoms with Gasteiger partial charge in [0.2, 0.25) is 0 Å². The molecule has 1 saturated heterocycles. The molecule has 5 heteroatoms. The number of ketones is 1. The Hall–Kier alpha value is -1.23. The molecule has 2 heterocycles. The third-order valence-corrected chi connectivity index (χ3v) is 5.50. The molecule has 1 aromatic heterocycles. The summed E-state index contributed by atoms with van der Waals surface area (Å²) in [5, 5.41) is 0.743. The van der Waals surface area contributed by atoms with Crippen LogP contribution in [-0.2, 0) is 12.8 Å². The van der Waals surface area contributed by atoms with E-state index in [9.17, 15) is 4.79 Å². The summed E-state index contributed by atoms with van der Waals surface area (Å²) in [5.41, 5.74) is 2.82. The van der Waals surface area contributed by atoms with Crippen LogP contribution in [0.2, 0.25) is 5.02 Å². The smallest absolute Gasteiger partial charge is 0.184 e. The Bertz CT molecular complexity index is 757. The fourth-order valence-corrected chi connectivity index (χ4v) is 3.92. The predicted octanol–water partition coefficient (Wildman–Crippen LogP) is 4.81. The second-order valence-electron chi connectivity index (χ2n) is 6.73. The van der Waals surface area contributed by atoms with Crippen molar-refractivity contribution in [3.63, 3.8) is 0 Å². The second kappa shape index (κ2) is 8.43. The lowest BCUT2D eigenvalue weighted by Gasteiger charge is -2.28. The number of Topliss-reactive ketones (excluding diaryl/α,β-unsaturated/α-hetero) is 1. The number of hydrogen-bond donors (Lipinski definition) is 0. The standard InChI is InChI=1S/C20H22BrClN2O/c1-24-9-7-15(8-10-24)20(25)19-16(12-17(21)13-23-19)6-5-14-3-2-4-18(22)11-14/h2-4,11-13,15H,5-10H2,1H3. The first-order valence-electron chi connectivity index (χ1n) is 8.64. The van der Waals surface area contributed by atoms with E-state index in [1.165, 1.54) is 5.56 Å². The lowest BCUT2D eigenvalue weighted by atomic mass is 9.88. The first kappa shape index (κ1) is 18.6. The van der Waals surface area contributed by atoms with Gasteiger partial charge in [-0.05, 0) is 91.1 Å². The van der Waals surface area contributed by atoms with E-state index >= 15 is 0 Å². The number of likely N-dealkylation sites (tertiary alicyclic amines) is 1. The van der Waals surface area contributed by atoms with E-state index in [0.29, 0.717) is 5.69 Å². The van der Waals surface area contributed by atoms with Gasteiger partial charge in [0.05, 0.1) is 0 Å². The maximum atomic E-state index is 13.0. The van der Waals surface area contributed by atoms with Crippen molar-refractivity contribution < 1.29 is 4.79 Å². The van der Waals surface area contributed by atoms with Gasteiger partial charge in [-0.25, -0.2) is 0 Å². The van der Waals surface area contributed by atoms with E-state index in [1.807, 2.05) is 24.3 Å². The van der Waals surface area contributed by atoms with Gasteiger partial charge in [-0.2, -0.15) is 0 Å². The second-order valence-corrected chi connectivity index (χ2v) is 8.09. The Balaban J connectivity index is 1.77. The van der Waals surface area contributed by atoms with Crippen LogP contribution in [0.15, 0.2) is 41.0 Å². The topological polar surface area (TPSA) is 33.2 Å². The number of carbonyl (C=O) groups excluding carboxylic acids is 1. The quantitative estimate of drug-likeness (QED) is 0.650. The van der Waals surface area contributed by atoms with Gasteiger partial charge in [-0.15, -0.1) is 0 Å². The fourth-order valence-electron chi connectivity index (χ4n) is 3.33. The molecule has 0 radical (unpaired) electrons. The van der Waals surface area contributed by atoms with Gasteiger partial charge in [-0.3, -0.25) is 9.78 Å². The predicted molar refractivity (Wildman–Crippen MR) is 105 cm³/mol. The van der Waals surface area contributed by atoms with Crippen LogP contribution in [0.4, 0.5) is 0 Å². The lowest BCUT2D eigenvalue weighted by molar-refractivity contribution is 0.0850. The average Bonchev–Trinajstić information content (AvgIpc) is 2.60. The third-order valence-electron chi connectivity index (χ3n) is 4.83. The number of benzene rings is 1. The molecule has 0 atom stereocenters. The van der Waals surface area contributed by atoms with Crippen molar-refractivity contribution >= 4 is 33.3 Å². The summed E-state index contributed by atoms with van der Waals surface area (Å²) in [7, 11) is 2.11. The van der Waals surface area contributed by atoms with E-state index in [-0.39, 0.29) is 11.7 Å². The largest absolute Gasteiger partial charge is 0.306 e. The van der Waals surface area contributed by atoms with Crippen LogP contribution in [0.3, 0.4) is 0 Å². The SMILES string of the molecule is CN1CCC(C(=O)c2ncc(Br)cc2CCc2cccc(Cl)c2)CC1. The zero-order valence-electron chi connectivity index (χ0n) is 14.3. The van der Waals surface area contributed by atoms with Gasteiger partial charge in [0, 0.05) is 21.6 Å². The van der Waals surface area contributed by atoms with Gasteiger partial charge in [0.25, 0.3) is 0 Å². The van der Waals surface area contributed by atoms with Gasteiger partial charge in [-0.1, -0.05) is 23.7 Å². The summed E-state index contributed by atoms with van der Waals surface area (Å²) in [6, 6.07) is 9.91. The molecule has 0 N–H and O–H groups in total. The van der Waals surface area contributed by atoms with Crippen LogP contribution >= 0.6 is 27.5 Å². The zero-order valence-corrected chi connectivity index (χ0v) is 16.7. The number of halogens is 2. The molecule has 0 spiro atoms. The molecule has 25 heavy (non-hydrogen) atoms. The molecule has 0 aliphatic carbocycles. The Labute approximate surface area is 162 Å². The van der Waals surface area contributed by atoms with Gasteiger partial charge >= 0.3 is 0 Å². The number of piperidine rings is 1. The number of rotatable bonds is 5. The van der Waals surface area contributed by atoms with Crippen LogP contribution in [0.1, 0.15) is 34.5 Å². The van der Waals surface area contributed by atoms with Crippen molar-refractivity contribution in [2.24, 2.45) is 5.92 Å². The lowest BCUT2D eigenvalue weighted by Crippen LogP contribution is -2.34. The normalized spacial score (nSPS) is 16.1. The Morgan fingerprint density at radius 3 is 2.76 bits per heavy atom. The number of pyridine rings is 1. The highest BCUT2D eigenvalue weighted by atomic mass is 79.9. The van der Waals surface area contributed by atoms with Crippen LogP contribution in [-0.4, -0.2) is 35.8 Å². The molecule has 132 valence electrons. The highest BCUT2D eigenvalue weighted by Gasteiger charge is 2.26. The van der Waals surface area contributed by atoms with Crippen LogP contribution in [0.5, 0.6) is 0 Å². The molecule has 2 aromatic rings. The summed E-state index contributed by atoms with van der Waals surface area (Å²) in [5.74, 6) is 0.288. The van der Waals surface area contributed by atoms with E-state index in [4.69, 9.17) is 11.6 Å². The number of hydrogen-bond acceptors (Lipinski definition) is 3. The minimum atomic E-state index is 0.0924. The maximum Gasteiger partial charge on any atom is 0.184 e. The zero-order chi connectivity index (χ0) is 17.8. The first-order chi connectivity index (χ1) is 12.0. The summed E-state index contributed by atoms with van der Waals surface area (Å²) < 4.78 is 0.911. The molecule has 0 saturated carbocycles. The van der Waals surface area contributed by atoms with Gasteiger partial charge in [0.15, 0.2) is 5.78 Å². The summed E-state index contributed by atoms with van der Waals surface area (Å²) in [6.07, 6.45) is 5.18. The summed E-state index contributed by atoms with van der Waals surface area (Å²) in [6.45, 7) is 1.95. The number of aromatic nitrogens is 1. The molecular formula is C20H22BrClN2O. The fraction of sp³-hybridized carbons (Fsp3) is 0.400. The van der Waals surface area contributed by atoms with Crippen LogP contribution in [0, 0.1) is 5.92 Å². The molecule has 1 aliphatic heterocycles. The van der Waals surface area contributed by atoms with Crippen LogP contribution < -0.4 is 0 Å². The van der Waals surface area contributed by atoms with Crippen molar-refractivity contribution in [1.29, 1.82) is 0 Å². The minimum absolute atomic E-state index is 0.0924.